The van der Waals surface area contributed by atoms with Gasteiger partial charge in [-0.2, -0.15) is 0 Å². The van der Waals surface area contributed by atoms with Crippen molar-refractivity contribution < 1.29 is 0 Å². The van der Waals surface area contributed by atoms with Gasteiger partial charge in [-0.1, -0.05) is 23.7 Å². The summed E-state index contributed by atoms with van der Waals surface area (Å²) in [5, 5.41) is 1.44. The number of benzene rings is 1. The normalized spacial score (nSPS) is 12.6. The van der Waals surface area contributed by atoms with Crippen LogP contribution >= 0.6 is 11.6 Å². The van der Waals surface area contributed by atoms with Crippen molar-refractivity contribution in [2.75, 3.05) is 0 Å². The van der Waals surface area contributed by atoms with Gasteiger partial charge in [-0.15, -0.1) is 0 Å². The lowest BCUT2D eigenvalue weighted by Crippen LogP contribution is -2.39. The van der Waals surface area contributed by atoms with Gasteiger partial charge in [0.05, 0.1) is 12.6 Å². The predicted molar refractivity (Wildman–Crippen MR) is 127 cm³/mol. The molecule has 5 aromatic rings. The van der Waals surface area contributed by atoms with Crippen LogP contribution in [0.2, 0.25) is 5.02 Å². The Balaban J connectivity index is 1.59. The zero-order valence-corrected chi connectivity index (χ0v) is 18.9. The van der Waals surface area contributed by atoms with Gasteiger partial charge in [0, 0.05) is 54.0 Å². The Morgan fingerprint density at radius 2 is 1.94 bits per heavy atom. The lowest BCUT2D eigenvalue weighted by Gasteiger charge is -2.11. The molecule has 1 aromatic carbocycles. The number of fused-ring (bicyclic) bond motifs is 2. The molecule has 3 N–H and O–H groups in total. The Morgan fingerprint density at radius 1 is 1.12 bits per heavy atom. The van der Waals surface area contributed by atoms with Gasteiger partial charge in [0.2, 0.25) is 0 Å². The van der Waals surface area contributed by atoms with Crippen LogP contribution in [-0.4, -0.2) is 28.7 Å². The Labute approximate surface area is 193 Å². The largest absolute Gasteiger partial charge is 0.357 e. The maximum atomic E-state index is 13.4. The number of H-pyrrole nitrogens is 1. The lowest BCUT2D eigenvalue weighted by molar-refractivity contribution is 0.628. The van der Waals surface area contributed by atoms with Crippen molar-refractivity contribution in [1.29, 1.82) is 0 Å². The number of imidazole rings is 1. The molecule has 0 spiro atoms. The van der Waals surface area contributed by atoms with E-state index in [0.29, 0.717) is 34.1 Å². The van der Waals surface area contributed by atoms with E-state index in [9.17, 15) is 9.59 Å². The highest BCUT2D eigenvalue weighted by atomic mass is 35.5. The summed E-state index contributed by atoms with van der Waals surface area (Å²) in [6.07, 6.45) is 2.16. The van der Waals surface area contributed by atoms with Crippen molar-refractivity contribution in [3.05, 3.63) is 91.7 Å². The molecule has 1 atom stereocenters. The summed E-state index contributed by atoms with van der Waals surface area (Å²) in [7, 11) is 3.34. The van der Waals surface area contributed by atoms with Crippen molar-refractivity contribution in [3.63, 3.8) is 0 Å². The summed E-state index contributed by atoms with van der Waals surface area (Å²) in [6.45, 7) is 0.0763. The van der Waals surface area contributed by atoms with Gasteiger partial charge in [-0.3, -0.25) is 18.9 Å². The number of hydrogen-bond donors (Lipinski definition) is 2. The fourth-order valence-electron chi connectivity index (χ4n) is 4.20. The number of nitrogens with zero attached hydrogens (tertiary/aromatic N) is 5. The third-order valence-corrected chi connectivity index (χ3v) is 6.21. The van der Waals surface area contributed by atoms with E-state index in [2.05, 4.69) is 15.0 Å². The van der Waals surface area contributed by atoms with Crippen molar-refractivity contribution in [1.82, 2.24) is 28.7 Å². The second-order valence-corrected chi connectivity index (χ2v) is 8.47. The average Bonchev–Trinajstić information content (AvgIpc) is 3.38. The van der Waals surface area contributed by atoms with Crippen molar-refractivity contribution in [3.8, 4) is 0 Å². The molecular formula is C23H22ClN7O2. The number of hydrogen-bond acceptors (Lipinski definition) is 5. The van der Waals surface area contributed by atoms with E-state index in [-0.39, 0.29) is 6.54 Å². The number of nitrogens with one attached hydrogen (secondary N) is 1. The third kappa shape index (κ3) is 3.55. The molecule has 4 heterocycles. The van der Waals surface area contributed by atoms with Crippen LogP contribution in [0.3, 0.4) is 0 Å². The summed E-state index contributed by atoms with van der Waals surface area (Å²) in [5.41, 5.74) is 8.50. The van der Waals surface area contributed by atoms with Crippen LogP contribution in [0.25, 0.3) is 22.1 Å². The molecule has 0 aliphatic rings. The van der Waals surface area contributed by atoms with Gasteiger partial charge in [0.15, 0.2) is 11.2 Å². The van der Waals surface area contributed by atoms with Crippen LogP contribution in [0.1, 0.15) is 23.3 Å². The summed E-state index contributed by atoms with van der Waals surface area (Å²) >= 11 is 6.27. The van der Waals surface area contributed by atoms with Gasteiger partial charge >= 0.3 is 5.69 Å². The van der Waals surface area contributed by atoms with Crippen molar-refractivity contribution in [2.45, 2.75) is 19.0 Å². The summed E-state index contributed by atoms with van der Waals surface area (Å²) in [4.78, 5) is 38.6. The number of halogens is 1. The summed E-state index contributed by atoms with van der Waals surface area (Å²) in [6, 6.07) is 12.5. The first-order valence-electron chi connectivity index (χ1n) is 10.4. The van der Waals surface area contributed by atoms with Crippen LogP contribution in [0.4, 0.5) is 0 Å². The highest BCUT2D eigenvalue weighted by Crippen LogP contribution is 2.24. The first kappa shape index (κ1) is 21.2. The second kappa shape index (κ2) is 8.02. The molecule has 5 rings (SSSR count). The maximum absolute atomic E-state index is 13.4. The molecule has 0 aliphatic carbocycles. The smallest absolute Gasteiger partial charge is 0.332 e. The third-order valence-electron chi connectivity index (χ3n) is 5.88. The fraction of sp³-hybridized carbons (Fsp3) is 0.217. The fourth-order valence-corrected chi connectivity index (χ4v) is 4.43. The maximum Gasteiger partial charge on any atom is 0.332 e. The van der Waals surface area contributed by atoms with E-state index < -0.39 is 17.3 Å². The van der Waals surface area contributed by atoms with E-state index in [1.165, 1.54) is 9.13 Å². The molecule has 168 valence electrons. The molecule has 0 fully saturated rings. The topological polar surface area (TPSA) is 117 Å². The van der Waals surface area contributed by atoms with Crippen LogP contribution in [0.5, 0.6) is 0 Å². The number of nitrogens with two attached hydrogens (primary N) is 1. The number of pyridine rings is 1. The quantitative estimate of drug-likeness (QED) is 0.414. The van der Waals surface area contributed by atoms with Crippen LogP contribution in [-0.2, 0) is 27.1 Å². The molecule has 10 heteroatoms. The van der Waals surface area contributed by atoms with Gasteiger partial charge in [-0.25, -0.2) is 9.78 Å². The van der Waals surface area contributed by atoms with Gasteiger partial charge in [-0.05, 0) is 30.3 Å². The molecular weight excluding hydrogens is 442 g/mol. The Kier molecular flexibility index (Phi) is 5.15. The van der Waals surface area contributed by atoms with E-state index in [1.807, 2.05) is 36.4 Å². The van der Waals surface area contributed by atoms with Crippen LogP contribution < -0.4 is 17.0 Å². The summed E-state index contributed by atoms with van der Waals surface area (Å²) in [5.74, 6) is 0.512. The lowest BCUT2D eigenvalue weighted by atomic mass is 10.1. The molecule has 33 heavy (non-hydrogen) atoms. The molecule has 0 aliphatic heterocycles. The molecule has 4 aromatic heterocycles. The SMILES string of the molecule is Cn1c([C@H](N)Cc2ccccn2)nc2c1c(=O)n(Cc1cc3c(Cl)cccc3[nH]1)c(=O)n2C. The highest BCUT2D eigenvalue weighted by molar-refractivity contribution is 6.35. The Morgan fingerprint density at radius 3 is 2.67 bits per heavy atom. The summed E-state index contributed by atoms with van der Waals surface area (Å²) < 4.78 is 4.24. The molecule has 9 nitrogen and oxygen atoms in total. The van der Waals surface area contributed by atoms with E-state index in [4.69, 9.17) is 17.3 Å². The Hall–Kier alpha value is -3.69. The van der Waals surface area contributed by atoms with Gasteiger partial charge < -0.3 is 15.3 Å². The van der Waals surface area contributed by atoms with Crippen molar-refractivity contribution >= 4 is 33.7 Å². The number of aromatic amines is 1. The van der Waals surface area contributed by atoms with E-state index in [1.54, 1.807) is 30.9 Å². The number of rotatable bonds is 5. The van der Waals surface area contributed by atoms with Crippen LogP contribution in [0, 0.1) is 0 Å². The molecule has 0 saturated heterocycles. The van der Waals surface area contributed by atoms with Gasteiger partial charge in [0.1, 0.15) is 5.82 Å². The standard InChI is InChI=1S/C23H22ClN7O2/c1-29-19-21(28-20(29)17(25)11-13-6-3-4-9-26-13)30(2)23(33)31(22(19)32)12-14-10-15-16(24)7-5-8-18(15)27-14/h3-10,17,27H,11-12,25H2,1-2H3/t17-/m1/s1. The first-order valence-corrected chi connectivity index (χ1v) is 10.8. The predicted octanol–water partition coefficient (Wildman–Crippen LogP) is 2.25. The molecule has 0 saturated carbocycles. The minimum atomic E-state index is -0.490. The second-order valence-electron chi connectivity index (χ2n) is 8.06. The molecule has 0 amide bonds. The minimum absolute atomic E-state index is 0.0763. The van der Waals surface area contributed by atoms with Gasteiger partial charge in [0.25, 0.3) is 5.56 Å². The first-order chi connectivity index (χ1) is 15.8. The zero-order chi connectivity index (χ0) is 23.3. The minimum Gasteiger partial charge on any atom is -0.357 e. The average molecular weight is 464 g/mol. The Bertz CT molecular complexity index is 1610. The molecule has 0 unspecified atom stereocenters. The van der Waals surface area contributed by atoms with E-state index in [0.717, 1.165) is 16.6 Å². The molecule has 0 bridgehead atoms. The number of aromatic nitrogens is 6. The van der Waals surface area contributed by atoms with Crippen LogP contribution in [0.15, 0.2) is 58.3 Å². The number of aryl methyl sites for hydroxylation is 2. The molecule has 0 radical (unpaired) electrons. The monoisotopic (exact) mass is 463 g/mol. The zero-order valence-electron chi connectivity index (χ0n) is 18.1. The van der Waals surface area contributed by atoms with E-state index >= 15 is 0 Å². The highest BCUT2D eigenvalue weighted by Gasteiger charge is 2.22. The van der Waals surface area contributed by atoms with Crippen molar-refractivity contribution in [2.24, 2.45) is 19.8 Å².